The fourth-order valence-electron chi connectivity index (χ4n) is 13.4. The third kappa shape index (κ3) is 40.0. The molecule has 0 bridgehead atoms. The molecule has 1 aliphatic rings. The molecule has 3 rings (SSSR count). The Morgan fingerprint density at radius 1 is 0.392 bits per heavy atom. The molecule has 35 N–H and O–H groups in total. The molecule has 1 heterocycles. The van der Waals surface area contributed by atoms with E-state index in [0.717, 1.165) is 6.92 Å². The van der Waals surface area contributed by atoms with Gasteiger partial charge in [0, 0.05) is 45.8 Å². The van der Waals surface area contributed by atoms with Crippen LogP contribution in [0.2, 0.25) is 0 Å². The lowest BCUT2D eigenvalue weighted by Gasteiger charge is -2.39. The van der Waals surface area contributed by atoms with Gasteiger partial charge in [-0.2, -0.15) is 0 Å². The zero-order valence-electron chi connectivity index (χ0n) is 72.6. The monoisotopic (exact) mass is 1760 g/mol. The highest BCUT2D eigenvalue weighted by molar-refractivity contribution is 6.02. The van der Waals surface area contributed by atoms with Gasteiger partial charge in [-0.15, -0.1) is 0 Å². The van der Waals surface area contributed by atoms with Crippen LogP contribution in [0.3, 0.4) is 0 Å². The Balaban J connectivity index is 1.99. The lowest BCUT2D eigenvalue weighted by atomic mass is 9.86. The first-order valence-corrected chi connectivity index (χ1v) is 41.6. The minimum atomic E-state index is -1.94. The van der Waals surface area contributed by atoms with Crippen molar-refractivity contribution in [3.8, 4) is 11.5 Å². The zero-order chi connectivity index (χ0) is 94.1. The summed E-state index contributed by atoms with van der Waals surface area (Å²) < 4.78 is 0. The smallest absolute Gasteiger partial charge is 0.246 e. The summed E-state index contributed by atoms with van der Waals surface area (Å²) in [5.41, 5.74) is 32.4. The van der Waals surface area contributed by atoms with Crippen LogP contribution in [0.15, 0.2) is 48.5 Å². The molecule has 696 valence electrons. The second-order valence-electron chi connectivity index (χ2n) is 32.7. The van der Waals surface area contributed by atoms with E-state index in [-0.39, 0.29) is 140 Å². The van der Waals surface area contributed by atoms with Crippen molar-refractivity contribution in [2.75, 3.05) is 32.7 Å². The number of phenols is 2. The van der Waals surface area contributed by atoms with E-state index < -0.39 is 228 Å². The minimum Gasteiger partial charge on any atom is -0.508 e. The summed E-state index contributed by atoms with van der Waals surface area (Å²) in [6, 6.07) is -7.42. The van der Waals surface area contributed by atoms with Crippen molar-refractivity contribution in [3.05, 3.63) is 59.7 Å². The Labute approximate surface area is 726 Å². The molecule has 45 heteroatoms. The number of benzene rings is 2. The summed E-state index contributed by atoms with van der Waals surface area (Å²) in [5, 5.41) is 98.6. The number of guanidine groups is 3. The van der Waals surface area contributed by atoms with Crippen LogP contribution in [0.5, 0.6) is 11.5 Å². The summed E-state index contributed by atoms with van der Waals surface area (Å²) in [6.07, 6.45) is -4.62. The largest absolute Gasteiger partial charge is 0.508 e. The number of amides is 16. The number of rotatable bonds is 55. The SMILES string of the molecule is CC(=O)N[C@@H](CC(C)C)C(=O)N[C@@H](CCCNC(=N)N)C(=O)NC1(C(=O)N[C@@H](Cc2ccc(O)cc2)C(=O)N[C@@H](CC(C)C)C(=O)N[C@@H](CC(N)=O)C(=O)N[C@@H](CC(C)C)C(=O)N[C@H](C(=O)N[C@H](C(=O)N[C@@H](CCCNC(=N)N)C(=O)N[C@@H](CCC(N)=O)C(=O)N[C@@H](CCCNC(=N)N)C(=O)N[C@@H](Cc2ccc(O)cc2)C(N)=O)[C@@H](C)O)C(C)C)CCNCC1. The molecule has 45 nitrogen and oxygen atoms in total. The molecule has 1 fully saturated rings. The van der Waals surface area contributed by atoms with Crippen LogP contribution in [-0.2, 0) is 89.6 Å². The van der Waals surface area contributed by atoms with Crippen LogP contribution < -0.4 is 125 Å². The molecule has 13 atom stereocenters. The number of piperidine rings is 1. The number of phenolic OH excluding ortho intramolecular Hbond substituents is 2. The zero-order valence-corrected chi connectivity index (χ0v) is 72.6. The number of nitrogens with two attached hydrogens (primary N) is 6. The Hall–Kier alpha value is -12.7. The molecule has 2 aromatic rings. The first-order chi connectivity index (χ1) is 58.6. The van der Waals surface area contributed by atoms with Crippen molar-refractivity contribution in [1.29, 1.82) is 16.2 Å². The minimum absolute atomic E-state index is 0.0187. The van der Waals surface area contributed by atoms with E-state index in [1.807, 2.05) is 13.8 Å². The van der Waals surface area contributed by atoms with Gasteiger partial charge in [-0.05, 0) is 156 Å². The van der Waals surface area contributed by atoms with Gasteiger partial charge < -0.3 is 140 Å². The third-order valence-corrected chi connectivity index (χ3v) is 19.9. The molecule has 16 amide bonds. The summed E-state index contributed by atoms with van der Waals surface area (Å²) in [4.78, 5) is 225. The number of hydrogen-bond acceptors (Lipinski definition) is 23. The standard InChI is InChI=1S/C80H132N26O19/c1-40(2)34-55(94-45(10)108)68(117)96-52(16-13-31-93-79(88)89)73(122)106-80(27-32-90-33-28-80)76(125)103-58(38-47-19-23-49(110)24-20-47)70(119)100-56(35-41(3)4)69(118)102-59(39-61(82)112)71(120)101-57(36-42(5)6)72(121)104-62(43(7)8)74(123)105-63(44(9)107)75(124)98-51(15-12-30-92-78(86)87)65(114)97-53(25-26-60(81)111)67(116)95-50(14-11-29-91-77(84)85)66(115)99-54(64(83)113)37-46-17-21-48(109)22-18-46/h17-24,40-44,50-59,62-63,90,107,109-110H,11-16,25-39H2,1-10H3,(H2,81,111)(H2,82,112)(H2,83,113)(H,94,108)(H,95,116)(H,96,117)(H,97,114)(H,98,124)(H,99,115)(H,100,119)(H,101,120)(H,102,118)(H,103,125)(H,104,121)(H,105,123)(H,106,122)(H4,84,85,91)(H4,86,87,92)(H4,88,89,93)/t44-,50+,51+,52+,53+,54+,55+,56+,57+,58+,59+,62+,63+/m1/s1. The lowest BCUT2D eigenvalue weighted by molar-refractivity contribution is -0.139. The normalized spacial score (nSPS) is 15.4. The molecule has 0 aromatic heterocycles. The fraction of sp³-hybridized carbons (Fsp3) is 0.613. The molecule has 0 spiro atoms. The van der Waals surface area contributed by atoms with Gasteiger partial charge in [0.2, 0.25) is 94.5 Å². The average Bonchev–Trinajstić information content (AvgIpc) is 0.796. The van der Waals surface area contributed by atoms with E-state index >= 15 is 4.79 Å². The predicted octanol–water partition coefficient (Wildman–Crippen LogP) is -6.45. The maximum Gasteiger partial charge on any atom is 0.246 e. The van der Waals surface area contributed by atoms with E-state index in [9.17, 15) is 87.2 Å². The molecular formula is C80H132N26O19. The van der Waals surface area contributed by atoms with E-state index in [1.54, 1.807) is 27.7 Å². The number of aliphatic hydroxyl groups is 1. The van der Waals surface area contributed by atoms with Crippen molar-refractivity contribution in [2.24, 2.45) is 58.1 Å². The van der Waals surface area contributed by atoms with Crippen molar-refractivity contribution in [2.45, 2.75) is 256 Å². The Morgan fingerprint density at radius 2 is 0.720 bits per heavy atom. The lowest BCUT2D eigenvalue weighted by Crippen LogP contribution is -2.67. The van der Waals surface area contributed by atoms with Crippen LogP contribution in [-0.4, -0.2) is 245 Å². The van der Waals surface area contributed by atoms with Gasteiger partial charge in [-0.1, -0.05) is 79.7 Å². The number of carbonyl (C=O) groups excluding carboxylic acids is 16. The second-order valence-corrected chi connectivity index (χ2v) is 32.7. The van der Waals surface area contributed by atoms with Crippen LogP contribution in [0.4, 0.5) is 0 Å². The van der Waals surface area contributed by atoms with Gasteiger partial charge in [-0.3, -0.25) is 92.9 Å². The van der Waals surface area contributed by atoms with Crippen molar-refractivity contribution in [1.82, 2.24) is 90.4 Å². The van der Waals surface area contributed by atoms with Crippen molar-refractivity contribution >= 4 is 112 Å². The van der Waals surface area contributed by atoms with Crippen molar-refractivity contribution < 1.29 is 92.0 Å². The van der Waals surface area contributed by atoms with Gasteiger partial charge >= 0.3 is 0 Å². The number of carbonyl (C=O) groups is 16. The van der Waals surface area contributed by atoms with Gasteiger partial charge in [0.15, 0.2) is 17.9 Å². The summed E-state index contributed by atoms with van der Waals surface area (Å²) in [6.45, 7) is 16.2. The highest BCUT2D eigenvalue weighted by Crippen LogP contribution is 2.23. The summed E-state index contributed by atoms with van der Waals surface area (Å²) >= 11 is 0. The third-order valence-electron chi connectivity index (χ3n) is 19.9. The van der Waals surface area contributed by atoms with E-state index in [2.05, 4.69) is 90.4 Å². The van der Waals surface area contributed by atoms with Gasteiger partial charge in [0.1, 0.15) is 89.5 Å². The molecule has 125 heavy (non-hydrogen) atoms. The first-order valence-electron chi connectivity index (χ1n) is 41.6. The number of aliphatic hydroxyl groups excluding tert-OH is 1. The maximum absolute atomic E-state index is 15.1. The van der Waals surface area contributed by atoms with Crippen LogP contribution in [0.1, 0.15) is 170 Å². The Morgan fingerprint density at radius 3 is 1.10 bits per heavy atom. The second kappa shape index (κ2) is 53.4. The van der Waals surface area contributed by atoms with E-state index in [1.165, 1.54) is 69.3 Å². The Bertz CT molecular complexity index is 4030. The fourth-order valence-corrected chi connectivity index (χ4v) is 13.4. The van der Waals surface area contributed by atoms with Crippen LogP contribution in [0.25, 0.3) is 0 Å². The van der Waals surface area contributed by atoms with E-state index in [0.29, 0.717) is 11.1 Å². The summed E-state index contributed by atoms with van der Waals surface area (Å²) in [7, 11) is 0. The highest BCUT2D eigenvalue weighted by atomic mass is 16.3. The quantitative estimate of drug-likeness (QED) is 0.0166. The maximum atomic E-state index is 15.1. The molecule has 1 saturated heterocycles. The molecular weight excluding hydrogens is 1630 g/mol. The molecule has 0 radical (unpaired) electrons. The van der Waals surface area contributed by atoms with Gasteiger partial charge in [-0.25, -0.2) is 0 Å². The number of aromatic hydroxyl groups is 2. The Kier molecular flexibility index (Phi) is 45.4. The number of nitrogens with one attached hydrogen (secondary N) is 20. The van der Waals surface area contributed by atoms with E-state index in [4.69, 9.17) is 50.6 Å². The first kappa shape index (κ1) is 106. The topological polar surface area (TPSA) is 766 Å². The van der Waals surface area contributed by atoms with Crippen molar-refractivity contribution in [3.63, 3.8) is 0 Å². The molecule has 2 aromatic carbocycles. The van der Waals surface area contributed by atoms with Crippen LogP contribution >= 0.6 is 0 Å². The summed E-state index contributed by atoms with van der Waals surface area (Å²) in [5.74, 6) is -18.6. The molecule has 0 aliphatic carbocycles. The predicted molar refractivity (Wildman–Crippen MR) is 459 cm³/mol. The molecule has 1 aliphatic heterocycles. The highest BCUT2D eigenvalue weighted by Gasteiger charge is 2.45. The van der Waals surface area contributed by atoms with Crippen LogP contribution in [0, 0.1) is 39.9 Å². The number of hydrogen-bond donors (Lipinski definition) is 29. The number of primary amides is 3. The average molecular weight is 1760 g/mol. The van der Waals surface area contributed by atoms with Gasteiger partial charge in [0.25, 0.3) is 0 Å². The molecule has 0 unspecified atom stereocenters. The molecule has 0 saturated carbocycles. The van der Waals surface area contributed by atoms with Gasteiger partial charge in [0.05, 0.1) is 12.5 Å².